The van der Waals surface area contributed by atoms with Gasteiger partial charge in [0.15, 0.2) is 6.10 Å². The van der Waals surface area contributed by atoms with E-state index in [1.54, 1.807) is 18.4 Å². The van der Waals surface area contributed by atoms with Gasteiger partial charge in [0.2, 0.25) is 6.10 Å². The number of hydrogen-bond donors (Lipinski definition) is 0. The molecule has 1 aromatic rings. The van der Waals surface area contributed by atoms with Gasteiger partial charge in [-0.25, -0.2) is 4.79 Å². The van der Waals surface area contributed by atoms with Crippen LogP contribution in [-0.2, 0) is 42.9 Å². The Kier molecular flexibility index (Phi) is 6.98. The van der Waals surface area contributed by atoms with Crippen LogP contribution in [0.4, 0.5) is 0 Å². The minimum atomic E-state index is -1.41. The van der Waals surface area contributed by atoms with Gasteiger partial charge in [0.1, 0.15) is 17.6 Å². The normalized spacial score (nSPS) is 36.3. The Balaban J connectivity index is 1.74. The van der Waals surface area contributed by atoms with E-state index in [4.69, 9.17) is 23.4 Å². The van der Waals surface area contributed by atoms with E-state index in [0.29, 0.717) is 25.0 Å². The van der Waals surface area contributed by atoms with Gasteiger partial charge in [-0.15, -0.1) is 0 Å². The molecule has 0 amide bonds. The fourth-order valence-corrected chi connectivity index (χ4v) is 8.79. The van der Waals surface area contributed by atoms with Crippen LogP contribution in [0.1, 0.15) is 79.1 Å². The SMILES string of the molecule is COC(=O)[C@H](OC(C)=O)[C@H]1C(C)(C)[C@H](OC(C)=O)[C@@H]2CC3=C4CC(=O)O[C@@H](c5ccco5)[C@]4(C)CC[C@@H]3[C@@]1(C)C2=O. The number of hydrogen-bond acceptors (Lipinski definition) is 10. The zero-order valence-electron chi connectivity index (χ0n) is 24.6. The Labute approximate surface area is 239 Å². The standard InChI is InChI=1S/C31H38O10/c1-15(32)39-23(28(36)37-7)24-29(3,4)26(40-16(2)33)18-13-17-19(31(24,6)25(18)35)10-11-30(5)20(17)14-22(34)41-27(30)21-9-8-12-38-21/h8-9,12,18-19,23-24,26-27H,10-11,13-14H2,1-7H3/t18-,19+,23-,24+,26-,27+,30-,31-/m1/s1. The molecular weight excluding hydrogens is 532 g/mol. The Morgan fingerprint density at radius 1 is 1.07 bits per heavy atom. The van der Waals surface area contributed by atoms with Crippen LogP contribution >= 0.6 is 0 Å². The molecule has 0 radical (unpaired) electrons. The first-order chi connectivity index (χ1) is 19.2. The van der Waals surface area contributed by atoms with Crippen molar-refractivity contribution >= 4 is 29.7 Å². The number of esters is 4. The fraction of sp³-hybridized carbons (Fsp3) is 0.645. The van der Waals surface area contributed by atoms with E-state index in [0.717, 1.165) is 11.1 Å². The van der Waals surface area contributed by atoms with Crippen LogP contribution in [0.25, 0.3) is 0 Å². The average Bonchev–Trinajstić information content (AvgIpc) is 3.42. The summed E-state index contributed by atoms with van der Waals surface area (Å²) in [5.41, 5.74) is -0.891. The molecule has 3 aliphatic carbocycles. The molecule has 0 spiro atoms. The van der Waals surface area contributed by atoms with Crippen molar-refractivity contribution in [2.45, 2.75) is 85.5 Å². The first-order valence-electron chi connectivity index (χ1n) is 14.1. The Hall–Kier alpha value is -3.43. The molecule has 10 heteroatoms. The van der Waals surface area contributed by atoms with E-state index >= 15 is 0 Å². The summed E-state index contributed by atoms with van der Waals surface area (Å²) in [6.45, 7) is 10.1. The molecule has 2 bridgehead atoms. The van der Waals surface area contributed by atoms with Crippen molar-refractivity contribution in [2.75, 3.05) is 7.11 Å². The number of rotatable bonds is 5. The minimum Gasteiger partial charge on any atom is -0.466 e. The topological polar surface area (TPSA) is 135 Å². The lowest BCUT2D eigenvalue weighted by molar-refractivity contribution is -0.217. The summed E-state index contributed by atoms with van der Waals surface area (Å²) >= 11 is 0. The average molecular weight is 571 g/mol. The van der Waals surface area contributed by atoms with Crippen LogP contribution in [0, 0.1) is 34.0 Å². The zero-order valence-corrected chi connectivity index (χ0v) is 24.6. The summed E-state index contributed by atoms with van der Waals surface area (Å²) in [6.07, 6.45) is 0.130. The van der Waals surface area contributed by atoms with Crippen LogP contribution in [0.15, 0.2) is 34.0 Å². The molecule has 2 heterocycles. The highest BCUT2D eigenvalue weighted by atomic mass is 16.6. The molecule has 0 aromatic carbocycles. The number of allylic oxidation sites excluding steroid dienone is 1. The third-order valence-electron chi connectivity index (χ3n) is 10.3. The number of carbonyl (C=O) groups is 5. The zero-order chi connectivity index (χ0) is 30.1. The third kappa shape index (κ3) is 4.24. The first kappa shape index (κ1) is 29.1. The molecule has 0 N–H and O–H groups in total. The molecule has 5 rings (SSSR count). The lowest BCUT2D eigenvalue weighted by atomic mass is 9.40. The molecule has 1 aromatic heterocycles. The van der Waals surface area contributed by atoms with Crippen molar-refractivity contribution in [3.8, 4) is 0 Å². The van der Waals surface area contributed by atoms with Crippen molar-refractivity contribution in [1.29, 1.82) is 0 Å². The third-order valence-corrected chi connectivity index (χ3v) is 10.3. The summed E-state index contributed by atoms with van der Waals surface area (Å²) in [6, 6.07) is 3.54. The number of furan rings is 1. The van der Waals surface area contributed by atoms with Crippen molar-refractivity contribution in [3.63, 3.8) is 0 Å². The van der Waals surface area contributed by atoms with E-state index < -0.39 is 64.3 Å². The number of methoxy groups -OCH3 is 1. The van der Waals surface area contributed by atoms with Gasteiger partial charge in [0, 0.05) is 36.0 Å². The van der Waals surface area contributed by atoms with Gasteiger partial charge in [-0.1, -0.05) is 33.3 Å². The summed E-state index contributed by atoms with van der Waals surface area (Å²) in [5.74, 6) is -3.98. The van der Waals surface area contributed by atoms with Crippen molar-refractivity contribution < 1.29 is 47.3 Å². The molecule has 4 aliphatic rings. The largest absolute Gasteiger partial charge is 0.466 e. The van der Waals surface area contributed by atoms with Crippen LogP contribution < -0.4 is 0 Å². The van der Waals surface area contributed by atoms with Crippen molar-refractivity contribution in [2.24, 2.45) is 34.0 Å². The highest BCUT2D eigenvalue weighted by Crippen LogP contribution is 2.68. The van der Waals surface area contributed by atoms with Crippen molar-refractivity contribution in [3.05, 3.63) is 35.3 Å². The van der Waals surface area contributed by atoms with Crippen molar-refractivity contribution in [1.82, 2.24) is 0 Å². The van der Waals surface area contributed by atoms with Gasteiger partial charge >= 0.3 is 23.9 Å². The Morgan fingerprint density at radius 3 is 2.37 bits per heavy atom. The second kappa shape index (κ2) is 9.84. The summed E-state index contributed by atoms with van der Waals surface area (Å²) in [4.78, 5) is 65.4. The Morgan fingerprint density at radius 2 is 1.78 bits per heavy atom. The van der Waals surface area contributed by atoms with E-state index in [1.807, 2.05) is 20.8 Å². The molecular formula is C31H38O10. The lowest BCUT2D eigenvalue weighted by Gasteiger charge is -2.64. The van der Waals surface area contributed by atoms with E-state index in [9.17, 15) is 24.0 Å². The van der Waals surface area contributed by atoms with Crippen LogP contribution in [0.5, 0.6) is 0 Å². The molecule has 2 saturated carbocycles. The summed E-state index contributed by atoms with van der Waals surface area (Å²) < 4.78 is 28.1. The number of ether oxygens (including phenoxy) is 4. The predicted octanol–water partition coefficient (Wildman–Crippen LogP) is 4.27. The molecule has 10 nitrogen and oxygen atoms in total. The number of cyclic esters (lactones) is 1. The molecule has 0 unspecified atom stereocenters. The monoisotopic (exact) mass is 570 g/mol. The van der Waals surface area contributed by atoms with Crippen LogP contribution in [0.3, 0.4) is 0 Å². The summed E-state index contributed by atoms with van der Waals surface area (Å²) in [5, 5.41) is 0. The maximum atomic E-state index is 14.5. The minimum absolute atomic E-state index is 0.0627. The second-order valence-corrected chi connectivity index (χ2v) is 12.9. The first-order valence-corrected chi connectivity index (χ1v) is 14.1. The van der Waals surface area contributed by atoms with E-state index in [2.05, 4.69) is 6.92 Å². The van der Waals surface area contributed by atoms with Gasteiger partial charge in [-0.05, 0) is 42.9 Å². The van der Waals surface area contributed by atoms with Crippen LogP contribution in [-0.4, -0.2) is 49.0 Å². The van der Waals surface area contributed by atoms with Gasteiger partial charge in [-0.3, -0.25) is 19.2 Å². The second-order valence-electron chi connectivity index (χ2n) is 12.9. The van der Waals surface area contributed by atoms with E-state index in [1.165, 1.54) is 21.0 Å². The predicted molar refractivity (Wildman–Crippen MR) is 142 cm³/mol. The highest BCUT2D eigenvalue weighted by molar-refractivity contribution is 5.93. The Bertz CT molecular complexity index is 1320. The van der Waals surface area contributed by atoms with Gasteiger partial charge in [-0.2, -0.15) is 0 Å². The molecule has 1 aliphatic heterocycles. The quantitative estimate of drug-likeness (QED) is 0.287. The van der Waals surface area contributed by atoms with Gasteiger partial charge in [0.05, 0.1) is 25.7 Å². The summed E-state index contributed by atoms with van der Waals surface area (Å²) in [7, 11) is 1.20. The lowest BCUT2D eigenvalue weighted by Crippen LogP contribution is -2.69. The number of Topliss-reactive ketones (excluding diaryl/α,β-unsaturated/α-hetero) is 1. The van der Waals surface area contributed by atoms with Gasteiger partial charge in [0.25, 0.3) is 0 Å². The van der Waals surface area contributed by atoms with Gasteiger partial charge < -0.3 is 23.4 Å². The molecule has 222 valence electrons. The number of fused-ring (bicyclic) bond motifs is 5. The number of ketones is 1. The smallest absolute Gasteiger partial charge is 0.347 e. The fourth-order valence-electron chi connectivity index (χ4n) is 8.79. The maximum Gasteiger partial charge on any atom is 0.347 e. The number of carbonyl (C=O) groups excluding carboxylic acids is 5. The molecule has 3 fully saturated rings. The molecule has 1 saturated heterocycles. The van der Waals surface area contributed by atoms with Crippen LogP contribution in [0.2, 0.25) is 0 Å². The highest BCUT2D eigenvalue weighted by Gasteiger charge is 2.71. The van der Waals surface area contributed by atoms with E-state index in [-0.39, 0.29) is 24.1 Å². The maximum absolute atomic E-state index is 14.5. The molecule has 8 atom stereocenters. The molecule has 41 heavy (non-hydrogen) atoms.